The molecule has 0 bridgehead atoms. The van der Waals surface area contributed by atoms with E-state index in [2.05, 4.69) is 61.4 Å². The van der Waals surface area contributed by atoms with Crippen LogP contribution < -0.4 is 15.4 Å². The zero-order valence-electron chi connectivity index (χ0n) is 19.7. The third-order valence-electron chi connectivity index (χ3n) is 5.59. The molecule has 0 radical (unpaired) electrons. The van der Waals surface area contributed by atoms with E-state index in [-0.39, 0.29) is 6.10 Å². The fourth-order valence-electron chi connectivity index (χ4n) is 4.17. The average Bonchev–Trinajstić information content (AvgIpc) is 3.23. The second-order valence-electron chi connectivity index (χ2n) is 8.71. The smallest absolute Gasteiger partial charge is 0.191 e. The van der Waals surface area contributed by atoms with Crippen LogP contribution in [0.3, 0.4) is 0 Å². The van der Waals surface area contributed by atoms with Crippen LogP contribution in [0.25, 0.3) is 0 Å². The molecule has 7 heteroatoms. The minimum Gasteiger partial charge on any atom is -0.488 e. The summed E-state index contributed by atoms with van der Waals surface area (Å²) < 4.78 is 17.5. The summed E-state index contributed by atoms with van der Waals surface area (Å²) in [6.45, 7) is 15.3. The maximum atomic E-state index is 6.21. The van der Waals surface area contributed by atoms with E-state index in [1.54, 1.807) is 0 Å². The Morgan fingerprint density at radius 3 is 2.74 bits per heavy atom. The van der Waals surface area contributed by atoms with Crippen LogP contribution >= 0.6 is 0 Å². The van der Waals surface area contributed by atoms with Gasteiger partial charge in [-0.1, -0.05) is 12.1 Å². The predicted molar refractivity (Wildman–Crippen MR) is 125 cm³/mol. The normalized spacial score (nSPS) is 24.9. The van der Waals surface area contributed by atoms with Crippen molar-refractivity contribution in [1.29, 1.82) is 0 Å². The molecule has 7 nitrogen and oxygen atoms in total. The Labute approximate surface area is 187 Å². The second kappa shape index (κ2) is 12.3. The van der Waals surface area contributed by atoms with Gasteiger partial charge < -0.3 is 24.8 Å². The second-order valence-corrected chi connectivity index (χ2v) is 8.71. The SMILES string of the molecule is CCNC(=NCc1ccc(C)cc1OC1CCOC1)NCCCN1CC(C)OC(C)C1. The van der Waals surface area contributed by atoms with Crippen molar-refractivity contribution >= 4 is 5.96 Å². The molecule has 0 amide bonds. The van der Waals surface area contributed by atoms with E-state index in [1.807, 2.05) is 0 Å². The summed E-state index contributed by atoms with van der Waals surface area (Å²) in [5, 5.41) is 6.83. The van der Waals surface area contributed by atoms with Crippen LogP contribution in [0.2, 0.25) is 0 Å². The third kappa shape index (κ3) is 7.98. The molecule has 3 rings (SSSR count). The number of aryl methyl sites for hydroxylation is 1. The minimum absolute atomic E-state index is 0.140. The van der Waals surface area contributed by atoms with Crippen LogP contribution in [0.1, 0.15) is 44.7 Å². The number of hydrogen-bond donors (Lipinski definition) is 2. The summed E-state index contributed by atoms with van der Waals surface area (Å²) >= 11 is 0. The zero-order valence-corrected chi connectivity index (χ0v) is 19.7. The summed E-state index contributed by atoms with van der Waals surface area (Å²) in [7, 11) is 0. The van der Waals surface area contributed by atoms with Crippen LogP contribution in [-0.4, -0.2) is 75.1 Å². The first-order valence-corrected chi connectivity index (χ1v) is 11.8. The quantitative estimate of drug-likeness (QED) is 0.355. The molecular weight excluding hydrogens is 392 g/mol. The highest BCUT2D eigenvalue weighted by atomic mass is 16.5. The van der Waals surface area contributed by atoms with Crippen molar-refractivity contribution in [2.75, 3.05) is 45.9 Å². The summed E-state index contributed by atoms with van der Waals surface area (Å²) in [6.07, 6.45) is 2.79. The Hall–Kier alpha value is -1.83. The molecule has 0 aliphatic carbocycles. The Bertz CT molecular complexity index is 696. The van der Waals surface area contributed by atoms with Crippen molar-refractivity contribution < 1.29 is 14.2 Å². The number of nitrogens with one attached hydrogen (secondary N) is 2. The first-order valence-electron chi connectivity index (χ1n) is 11.8. The highest BCUT2D eigenvalue weighted by Gasteiger charge is 2.21. The highest BCUT2D eigenvalue weighted by Crippen LogP contribution is 2.24. The monoisotopic (exact) mass is 432 g/mol. The van der Waals surface area contributed by atoms with Crippen LogP contribution in [0.5, 0.6) is 5.75 Å². The topological polar surface area (TPSA) is 67.4 Å². The standard InChI is InChI=1S/C24H40N4O3/c1-5-25-24(26-10-6-11-28-15-19(3)30-20(4)16-28)27-14-21-8-7-18(2)13-23(21)31-22-9-12-29-17-22/h7-8,13,19-20,22H,5-6,9-12,14-17H2,1-4H3,(H2,25,26,27). The van der Waals surface area contributed by atoms with E-state index >= 15 is 0 Å². The largest absolute Gasteiger partial charge is 0.488 e. The van der Waals surface area contributed by atoms with Gasteiger partial charge in [-0.15, -0.1) is 0 Å². The number of ether oxygens (including phenoxy) is 3. The first kappa shape index (κ1) is 23.8. The molecule has 0 spiro atoms. The third-order valence-corrected chi connectivity index (χ3v) is 5.59. The van der Waals surface area contributed by atoms with Crippen molar-refractivity contribution in [3.05, 3.63) is 29.3 Å². The Balaban J connectivity index is 1.51. The van der Waals surface area contributed by atoms with Crippen molar-refractivity contribution in [3.63, 3.8) is 0 Å². The molecule has 2 aliphatic rings. The maximum absolute atomic E-state index is 6.21. The Morgan fingerprint density at radius 2 is 2.03 bits per heavy atom. The van der Waals surface area contributed by atoms with E-state index in [0.29, 0.717) is 25.4 Å². The van der Waals surface area contributed by atoms with Crippen LogP contribution in [0.15, 0.2) is 23.2 Å². The molecule has 2 aliphatic heterocycles. The minimum atomic E-state index is 0.140. The lowest BCUT2D eigenvalue weighted by Gasteiger charge is -2.35. The van der Waals surface area contributed by atoms with Gasteiger partial charge in [-0.25, -0.2) is 4.99 Å². The Morgan fingerprint density at radius 1 is 1.23 bits per heavy atom. The Kier molecular flexibility index (Phi) is 9.43. The molecule has 0 aromatic heterocycles. The number of guanidine groups is 1. The first-order chi connectivity index (χ1) is 15.0. The molecule has 1 aromatic rings. The number of rotatable bonds is 9. The van der Waals surface area contributed by atoms with Crippen molar-refractivity contribution in [2.45, 2.75) is 65.4 Å². The number of aliphatic imine (C=N–C) groups is 1. The average molecular weight is 433 g/mol. The lowest BCUT2D eigenvalue weighted by Crippen LogP contribution is -2.46. The van der Waals surface area contributed by atoms with Gasteiger partial charge in [-0.05, 0) is 45.7 Å². The van der Waals surface area contributed by atoms with Gasteiger partial charge in [-0.2, -0.15) is 0 Å². The summed E-state index contributed by atoms with van der Waals surface area (Å²) in [5.41, 5.74) is 2.30. The lowest BCUT2D eigenvalue weighted by atomic mass is 10.1. The van der Waals surface area contributed by atoms with Crippen molar-refractivity contribution in [3.8, 4) is 5.75 Å². The molecule has 0 saturated carbocycles. The van der Waals surface area contributed by atoms with E-state index in [1.165, 1.54) is 5.56 Å². The van der Waals surface area contributed by atoms with Gasteiger partial charge in [0.15, 0.2) is 5.96 Å². The van der Waals surface area contributed by atoms with Crippen LogP contribution in [0.4, 0.5) is 0 Å². The van der Waals surface area contributed by atoms with Gasteiger partial charge in [-0.3, -0.25) is 4.90 Å². The van der Waals surface area contributed by atoms with Crippen molar-refractivity contribution in [2.24, 2.45) is 4.99 Å². The fourth-order valence-corrected chi connectivity index (χ4v) is 4.17. The van der Waals surface area contributed by atoms with E-state index in [0.717, 1.165) is 69.4 Å². The van der Waals surface area contributed by atoms with Gasteiger partial charge in [0.2, 0.25) is 0 Å². The summed E-state index contributed by atoms with van der Waals surface area (Å²) in [5.74, 6) is 1.77. The maximum Gasteiger partial charge on any atom is 0.191 e. The number of morpholine rings is 1. The highest BCUT2D eigenvalue weighted by molar-refractivity contribution is 5.79. The molecular formula is C24H40N4O3. The van der Waals surface area contributed by atoms with Crippen molar-refractivity contribution in [1.82, 2.24) is 15.5 Å². The van der Waals surface area contributed by atoms with Gasteiger partial charge in [0.25, 0.3) is 0 Å². The van der Waals surface area contributed by atoms with E-state index < -0.39 is 0 Å². The molecule has 2 fully saturated rings. The summed E-state index contributed by atoms with van der Waals surface area (Å²) in [6, 6.07) is 6.34. The molecule has 2 N–H and O–H groups in total. The molecule has 3 unspecified atom stereocenters. The van der Waals surface area contributed by atoms with Crippen LogP contribution in [0, 0.1) is 6.92 Å². The molecule has 174 valence electrons. The van der Waals surface area contributed by atoms with Gasteiger partial charge in [0.1, 0.15) is 11.9 Å². The molecule has 3 atom stereocenters. The van der Waals surface area contributed by atoms with Gasteiger partial charge in [0.05, 0.1) is 32.0 Å². The number of hydrogen-bond acceptors (Lipinski definition) is 5. The van der Waals surface area contributed by atoms with Gasteiger partial charge >= 0.3 is 0 Å². The number of benzene rings is 1. The predicted octanol–water partition coefficient (Wildman–Crippen LogP) is 2.72. The van der Waals surface area contributed by atoms with Gasteiger partial charge in [0, 0.05) is 44.7 Å². The number of nitrogens with zero attached hydrogens (tertiary/aromatic N) is 2. The molecule has 31 heavy (non-hydrogen) atoms. The fraction of sp³-hybridized carbons (Fsp3) is 0.708. The van der Waals surface area contributed by atoms with Crippen LogP contribution in [-0.2, 0) is 16.0 Å². The zero-order chi connectivity index (χ0) is 22.1. The molecule has 1 aromatic carbocycles. The molecule has 2 saturated heterocycles. The summed E-state index contributed by atoms with van der Waals surface area (Å²) in [4.78, 5) is 7.30. The molecule has 2 heterocycles. The van der Waals surface area contributed by atoms with E-state index in [9.17, 15) is 0 Å². The van der Waals surface area contributed by atoms with E-state index in [4.69, 9.17) is 19.2 Å². The lowest BCUT2D eigenvalue weighted by molar-refractivity contribution is -0.0679.